The van der Waals surface area contributed by atoms with Crippen molar-refractivity contribution in [2.24, 2.45) is 39.4 Å². The third-order valence-electron chi connectivity index (χ3n) is 11.9. The predicted molar refractivity (Wildman–Crippen MR) is 142 cm³/mol. The van der Waals surface area contributed by atoms with Crippen molar-refractivity contribution in [3.05, 3.63) is 22.8 Å². The van der Waals surface area contributed by atoms with Crippen LogP contribution in [0.15, 0.2) is 22.8 Å². The number of hydrogen-bond acceptors (Lipinski definition) is 2. The molecule has 1 unspecified atom stereocenters. The molecule has 2 nitrogen and oxygen atoms in total. The van der Waals surface area contributed by atoms with Crippen LogP contribution in [0.1, 0.15) is 127 Å². The Morgan fingerprint density at radius 1 is 0.971 bits per heavy atom. The Labute approximate surface area is 210 Å². The van der Waals surface area contributed by atoms with Crippen molar-refractivity contribution < 1.29 is 9.53 Å². The maximum Gasteiger partial charge on any atom is 0.302 e. The minimum atomic E-state index is -0.117. The van der Waals surface area contributed by atoms with E-state index in [9.17, 15) is 4.79 Å². The van der Waals surface area contributed by atoms with Crippen molar-refractivity contribution in [2.45, 2.75) is 133 Å². The quantitative estimate of drug-likeness (QED) is 0.297. The van der Waals surface area contributed by atoms with Gasteiger partial charge in [-0.2, -0.15) is 0 Å². The topological polar surface area (TPSA) is 26.3 Å². The highest BCUT2D eigenvalue weighted by Crippen LogP contribution is 2.72. The molecule has 0 aliphatic heterocycles. The zero-order chi connectivity index (χ0) is 25.1. The summed E-state index contributed by atoms with van der Waals surface area (Å²) in [7, 11) is 0. The Morgan fingerprint density at radius 3 is 2.32 bits per heavy atom. The summed E-state index contributed by atoms with van der Waals surface area (Å²) in [6, 6.07) is 0. The molecule has 7 atom stereocenters. The van der Waals surface area contributed by atoms with Crippen LogP contribution in [0.2, 0.25) is 0 Å². The second-order valence-electron chi connectivity index (χ2n) is 14.2. The maximum atomic E-state index is 11.8. The Balaban J connectivity index is 1.63. The Morgan fingerprint density at radius 2 is 1.68 bits per heavy atom. The zero-order valence-electron chi connectivity index (χ0n) is 23.8. The number of esters is 1. The summed E-state index contributed by atoms with van der Waals surface area (Å²) in [6.45, 7) is 21.2. The normalized spacial score (nSPS) is 41.7. The summed E-state index contributed by atoms with van der Waals surface area (Å²) in [5, 5.41) is 0. The van der Waals surface area contributed by atoms with Crippen molar-refractivity contribution in [3.8, 4) is 0 Å². The van der Waals surface area contributed by atoms with Crippen LogP contribution in [0.5, 0.6) is 0 Å². The van der Waals surface area contributed by atoms with Crippen molar-refractivity contribution >= 4 is 5.97 Å². The number of allylic oxidation sites excluding steroid dienone is 4. The molecule has 192 valence electrons. The molecule has 0 aromatic heterocycles. The molecule has 0 heterocycles. The summed E-state index contributed by atoms with van der Waals surface area (Å²) >= 11 is 0. The molecular weight excluding hydrogens is 416 g/mol. The highest BCUT2D eigenvalue weighted by atomic mass is 16.5. The molecule has 0 radical (unpaired) electrons. The Kier molecular flexibility index (Phi) is 6.74. The summed E-state index contributed by atoms with van der Waals surface area (Å²) in [4.78, 5) is 11.8. The molecule has 0 spiro atoms. The fourth-order valence-corrected chi connectivity index (χ4v) is 9.86. The van der Waals surface area contributed by atoms with Crippen LogP contribution in [0.25, 0.3) is 0 Å². The largest absolute Gasteiger partial charge is 0.462 e. The average molecular weight is 469 g/mol. The van der Waals surface area contributed by atoms with Gasteiger partial charge in [0, 0.05) is 12.3 Å². The van der Waals surface area contributed by atoms with Crippen LogP contribution in [-0.4, -0.2) is 12.1 Å². The van der Waals surface area contributed by atoms with Gasteiger partial charge in [0.1, 0.15) is 6.10 Å². The van der Waals surface area contributed by atoms with Gasteiger partial charge in [-0.1, -0.05) is 64.3 Å². The second-order valence-corrected chi connectivity index (χ2v) is 14.2. The molecule has 4 rings (SSSR count). The average Bonchev–Trinajstić information content (AvgIpc) is 3.01. The predicted octanol–water partition coefficient (Wildman–Crippen LogP) is 9.05. The third-order valence-corrected chi connectivity index (χ3v) is 11.9. The van der Waals surface area contributed by atoms with Crippen LogP contribution < -0.4 is 0 Å². The Bertz CT molecular complexity index is 873. The van der Waals surface area contributed by atoms with Gasteiger partial charge >= 0.3 is 5.97 Å². The van der Waals surface area contributed by atoms with Crippen LogP contribution in [-0.2, 0) is 9.53 Å². The molecule has 34 heavy (non-hydrogen) atoms. The van der Waals surface area contributed by atoms with E-state index in [0.717, 1.165) is 18.3 Å². The number of ether oxygens (including phenoxy) is 1. The van der Waals surface area contributed by atoms with E-state index in [-0.39, 0.29) is 22.9 Å². The van der Waals surface area contributed by atoms with Gasteiger partial charge in [0.2, 0.25) is 0 Å². The van der Waals surface area contributed by atoms with E-state index in [2.05, 4.69) is 61.5 Å². The third kappa shape index (κ3) is 3.85. The highest BCUT2D eigenvalue weighted by molar-refractivity contribution is 5.66. The maximum absolute atomic E-state index is 11.8. The van der Waals surface area contributed by atoms with Gasteiger partial charge < -0.3 is 4.74 Å². The van der Waals surface area contributed by atoms with Crippen LogP contribution in [0.3, 0.4) is 0 Å². The molecule has 4 aliphatic rings. The first-order chi connectivity index (χ1) is 15.8. The van der Waals surface area contributed by atoms with Gasteiger partial charge in [-0.25, -0.2) is 0 Å². The molecule has 2 fully saturated rings. The fourth-order valence-electron chi connectivity index (χ4n) is 9.86. The molecule has 0 aromatic rings. The summed E-state index contributed by atoms with van der Waals surface area (Å²) < 4.78 is 5.87. The summed E-state index contributed by atoms with van der Waals surface area (Å²) in [5.41, 5.74) is 6.25. The minimum absolute atomic E-state index is 0.0382. The van der Waals surface area contributed by atoms with Gasteiger partial charge in [0.15, 0.2) is 0 Å². The van der Waals surface area contributed by atoms with Crippen LogP contribution in [0.4, 0.5) is 0 Å². The number of carbonyl (C=O) groups is 1. The van der Waals surface area contributed by atoms with E-state index in [0.29, 0.717) is 16.7 Å². The number of rotatable bonds is 5. The van der Waals surface area contributed by atoms with Crippen LogP contribution in [0, 0.1) is 39.4 Å². The first-order valence-corrected chi connectivity index (χ1v) is 14.3. The van der Waals surface area contributed by atoms with Gasteiger partial charge in [-0.15, -0.1) is 0 Å². The molecule has 0 bridgehead atoms. The molecule has 0 aromatic carbocycles. The molecular formula is C32H52O2. The van der Waals surface area contributed by atoms with Gasteiger partial charge in [0.05, 0.1) is 0 Å². The molecule has 4 aliphatic carbocycles. The van der Waals surface area contributed by atoms with Crippen LogP contribution >= 0.6 is 0 Å². The molecule has 2 saturated carbocycles. The lowest BCUT2D eigenvalue weighted by Gasteiger charge is -2.62. The molecule has 0 saturated heterocycles. The van der Waals surface area contributed by atoms with E-state index >= 15 is 0 Å². The van der Waals surface area contributed by atoms with E-state index < -0.39 is 0 Å². The lowest BCUT2D eigenvalue weighted by Crippen LogP contribution is -2.55. The van der Waals surface area contributed by atoms with Crippen molar-refractivity contribution in [1.29, 1.82) is 0 Å². The van der Waals surface area contributed by atoms with Crippen molar-refractivity contribution in [1.82, 2.24) is 0 Å². The number of fused-ring (bicyclic) bond motifs is 4. The first kappa shape index (κ1) is 26.0. The molecule has 0 amide bonds. The first-order valence-electron chi connectivity index (χ1n) is 14.3. The monoisotopic (exact) mass is 468 g/mol. The molecule has 0 N–H and O–H groups in total. The van der Waals surface area contributed by atoms with Gasteiger partial charge in [0.25, 0.3) is 0 Å². The molecule has 2 heteroatoms. The van der Waals surface area contributed by atoms with Gasteiger partial charge in [-0.05, 0) is 112 Å². The highest BCUT2D eigenvalue weighted by Gasteiger charge is 2.63. The lowest BCUT2D eigenvalue weighted by molar-refractivity contribution is -0.167. The second kappa shape index (κ2) is 8.81. The zero-order valence-corrected chi connectivity index (χ0v) is 23.8. The van der Waals surface area contributed by atoms with Crippen molar-refractivity contribution in [2.75, 3.05) is 0 Å². The Hall–Kier alpha value is -1.05. The van der Waals surface area contributed by atoms with E-state index in [1.54, 1.807) is 6.92 Å². The van der Waals surface area contributed by atoms with E-state index in [4.69, 9.17) is 4.74 Å². The van der Waals surface area contributed by atoms with Crippen molar-refractivity contribution in [3.63, 3.8) is 0 Å². The smallest absolute Gasteiger partial charge is 0.302 e. The lowest BCUT2D eigenvalue weighted by atomic mass is 9.43. The fraction of sp³-hybridized carbons (Fsp3) is 0.844. The SMILES string of the molecule is CC(=O)O[C@H]1CC[C@]2(C)C3=C(CCC2C1(C)C)[C@]1(C)CC[C@H]([C@H](C)CCC=C(C)C)[C@@]1(C)CC3. The van der Waals surface area contributed by atoms with Gasteiger partial charge in [-0.3, -0.25) is 4.79 Å². The van der Waals surface area contributed by atoms with E-state index in [1.807, 2.05) is 11.1 Å². The number of hydrogen-bond donors (Lipinski definition) is 0. The van der Waals surface area contributed by atoms with E-state index in [1.165, 1.54) is 63.4 Å². The summed E-state index contributed by atoms with van der Waals surface area (Å²) in [5.74, 6) is 2.13. The standard InChI is InChI=1S/C32H52O2/c1-21(2)11-10-12-22(3)24-15-19-32(9)26-13-14-27-29(5,6)28(34-23(4)33)17-18-30(27,7)25(26)16-20-31(24,32)8/h11,22,24,27-28H,10,12-20H2,1-9H3/t22-,24-,27?,28+,30-,31-,32+/m1/s1. The minimum Gasteiger partial charge on any atom is -0.462 e. The summed E-state index contributed by atoms with van der Waals surface area (Å²) in [6.07, 6.45) is 15.2. The number of carbonyl (C=O) groups excluding carboxylic acids is 1.